The van der Waals surface area contributed by atoms with E-state index >= 15 is 0 Å². The van der Waals surface area contributed by atoms with Crippen molar-refractivity contribution >= 4 is 0 Å². The Morgan fingerprint density at radius 1 is 1.22 bits per heavy atom. The molecule has 0 spiro atoms. The summed E-state index contributed by atoms with van der Waals surface area (Å²) < 4.78 is 0. The third-order valence-electron chi connectivity index (χ3n) is 1.26. The van der Waals surface area contributed by atoms with Crippen molar-refractivity contribution in [1.29, 1.82) is 0 Å². The lowest BCUT2D eigenvalue weighted by atomic mass is 10.2. The Hall–Kier alpha value is -0.820. The van der Waals surface area contributed by atoms with Gasteiger partial charge in [-0.25, -0.2) is 0 Å². The first-order valence-electron chi connectivity index (χ1n) is 2.94. The van der Waals surface area contributed by atoms with Crippen molar-refractivity contribution < 1.29 is 0 Å². The molecule has 9 heavy (non-hydrogen) atoms. The van der Waals surface area contributed by atoms with Crippen LogP contribution in [-0.4, -0.2) is 0 Å². The van der Waals surface area contributed by atoms with Crippen molar-refractivity contribution in [3.05, 3.63) is 42.3 Å². The first-order valence-corrected chi connectivity index (χ1v) is 2.94. The van der Waals surface area contributed by atoms with E-state index in [0.29, 0.717) is 6.54 Å². The van der Waals surface area contributed by atoms with E-state index in [1.54, 1.807) is 0 Å². The molecular weight excluding hydrogens is 110 g/mol. The maximum absolute atomic E-state index is 5.38. The zero-order valence-electron chi connectivity index (χ0n) is 5.30. The van der Waals surface area contributed by atoms with Crippen LogP contribution in [0.3, 0.4) is 0 Å². The Bertz CT molecular complexity index is 176. The molecule has 0 aliphatic carbocycles. The van der Waals surface area contributed by atoms with Gasteiger partial charge < -0.3 is 5.73 Å². The van der Waals surface area contributed by atoms with E-state index in [0.717, 1.165) is 11.1 Å². The minimum atomic E-state index is 0.611. The molecule has 0 aliphatic heterocycles. The van der Waals surface area contributed by atoms with Crippen molar-refractivity contribution in [2.24, 2.45) is 5.73 Å². The van der Waals surface area contributed by atoms with Crippen LogP contribution in [0.25, 0.3) is 0 Å². The minimum absolute atomic E-state index is 0.611. The average Bonchev–Trinajstić information content (AvgIpc) is 1.90. The van der Waals surface area contributed by atoms with Crippen molar-refractivity contribution in [2.75, 3.05) is 0 Å². The smallest absolute Gasteiger partial charge is 0.0178 e. The summed E-state index contributed by atoms with van der Waals surface area (Å²) in [5.41, 5.74) is 7.57. The molecule has 0 aliphatic rings. The quantitative estimate of drug-likeness (QED) is 0.594. The maximum atomic E-state index is 5.38. The molecule has 1 heteroatoms. The van der Waals surface area contributed by atoms with Gasteiger partial charge in [0.1, 0.15) is 0 Å². The van der Waals surface area contributed by atoms with Gasteiger partial charge in [0.15, 0.2) is 0 Å². The third kappa shape index (κ3) is 1.54. The summed E-state index contributed by atoms with van der Waals surface area (Å²) >= 11 is 0. The molecule has 0 aromatic heterocycles. The molecule has 0 amide bonds. The van der Waals surface area contributed by atoms with Gasteiger partial charge in [0.25, 0.3) is 0 Å². The van der Waals surface area contributed by atoms with Gasteiger partial charge in [-0.05, 0) is 18.1 Å². The first-order chi connectivity index (χ1) is 4.33. The van der Waals surface area contributed by atoms with Crippen molar-refractivity contribution in [1.82, 2.24) is 0 Å². The molecule has 0 saturated carbocycles. The molecule has 0 unspecified atom stereocenters. The SMILES string of the molecule is [CH2]c1ccc(CN)cc1. The summed E-state index contributed by atoms with van der Waals surface area (Å²) in [7, 11) is 0. The Morgan fingerprint density at radius 2 is 1.78 bits per heavy atom. The molecule has 1 aromatic carbocycles. The van der Waals surface area contributed by atoms with Crippen molar-refractivity contribution in [3.63, 3.8) is 0 Å². The number of rotatable bonds is 1. The molecule has 47 valence electrons. The Morgan fingerprint density at radius 3 is 2.22 bits per heavy atom. The molecule has 1 aromatic rings. The zero-order chi connectivity index (χ0) is 6.69. The Kier molecular flexibility index (Phi) is 1.85. The first kappa shape index (κ1) is 6.30. The standard InChI is InChI=1S/C8H10N/c1-7-2-4-8(6-9)5-3-7/h2-5H,1,6,9H2. The van der Waals surface area contributed by atoms with E-state index < -0.39 is 0 Å². The summed E-state index contributed by atoms with van der Waals surface area (Å²) in [6.07, 6.45) is 0. The molecule has 0 saturated heterocycles. The lowest BCUT2D eigenvalue weighted by Crippen LogP contribution is -1.94. The number of benzene rings is 1. The summed E-state index contributed by atoms with van der Waals surface area (Å²) in [5.74, 6) is 0. The summed E-state index contributed by atoms with van der Waals surface area (Å²) in [4.78, 5) is 0. The Labute approximate surface area is 55.5 Å². The fraction of sp³-hybridized carbons (Fsp3) is 0.125. The molecule has 2 N–H and O–H groups in total. The topological polar surface area (TPSA) is 26.0 Å². The van der Waals surface area contributed by atoms with Crippen LogP contribution in [0.1, 0.15) is 11.1 Å². The fourth-order valence-corrected chi connectivity index (χ4v) is 0.675. The highest BCUT2D eigenvalue weighted by molar-refractivity contribution is 5.23. The van der Waals surface area contributed by atoms with Gasteiger partial charge >= 0.3 is 0 Å². The normalized spacial score (nSPS) is 9.56. The highest BCUT2D eigenvalue weighted by Gasteiger charge is 1.85. The highest BCUT2D eigenvalue weighted by atomic mass is 14.5. The van der Waals surface area contributed by atoms with E-state index in [1.807, 2.05) is 24.3 Å². The molecule has 0 bridgehead atoms. The summed E-state index contributed by atoms with van der Waals surface area (Å²) in [5, 5.41) is 0. The van der Waals surface area contributed by atoms with E-state index in [2.05, 4.69) is 6.92 Å². The molecule has 0 heterocycles. The van der Waals surface area contributed by atoms with Crippen molar-refractivity contribution in [2.45, 2.75) is 6.54 Å². The van der Waals surface area contributed by atoms with Gasteiger partial charge in [-0.3, -0.25) is 0 Å². The van der Waals surface area contributed by atoms with E-state index in [4.69, 9.17) is 5.73 Å². The second kappa shape index (κ2) is 2.65. The lowest BCUT2D eigenvalue weighted by molar-refractivity contribution is 1.07. The van der Waals surface area contributed by atoms with Crippen molar-refractivity contribution in [3.8, 4) is 0 Å². The van der Waals surface area contributed by atoms with Crippen LogP contribution in [0.2, 0.25) is 0 Å². The number of hydrogen-bond donors (Lipinski definition) is 1. The van der Waals surface area contributed by atoms with Crippen LogP contribution in [-0.2, 0) is 6.54 Å². The molecule has 0 atom stereocenters. The predicted octanol–water partition coefficient (Wildman–Crippen LogP) is 1.33. The summed E-state index contributed by atoms with van der Waals surface area (Å²) in [6, 6.07) is 7.90. The molecule has 1 rings (SSSR count). The molecule has 1 nitrogen and oxygen atoms in total. The molecule has 0 fully saturated rings. The van der Waals surface area contributed by atoms with Crippen LogP contribution in [0.4, 0.5) is 0 Å². The molecule has 1 radical (unpaired) electrons. The zero-order valence-corrected chi connectivity index (χ0v) is 5.30. The van der Waals surface area contributed by atoms with Gasteiger partial charge in [-0.15, -0.1) is 0 Å². The minimum Gasteiger partial charge on any atom is -0.326 e. The van der Waals surface area contributed by atoms with Gasteiger partial charge in [-0.2, -0.15) is 0 Å². The van der Waals surface area contributed by atoms with Gasteiger partial charge in [0.05, 0.1) is 0 Å². The van der Waals surface area contributed by atoms with Crippen LogP contribution in [0.5, 0.6) is 0 Å². The fourth-order valence-electron chi connectivity index (χ4n) is 0.675. The van der Waals surface area contributed by atoms with Gasteiger partial charge in [0.2, 0.25) is 0 Å². The van der Waals surface area contributed by atoms with E-state index in [9.17, 15) is 0 Å². The number of nitrogens with two attached hydrogens (primary N) is 1. The van der Waals surface area contributed by atoms with E-state index in [1.165, 1.54) is 0 Å². The van der Waals surface area contributed by atoms with Gasteiger partial charge in [0, 0.05) is 6.54 Å². The van der Waals surface area contributed by atoms with Gasteiger partial charge in [-0.1, -0.05) is 24.3 Å². The molecular formula is C8H10N. The summed E-state index contributed by atoms with van der Waals surface area (Å²) in [6.45, 7) is 4.37. The predicted molar refractivity (Wildman–Crippen MR) is 38.8 cm³/mol. The lowest BCUT2D eigenvalue weighted by Gasteiger charge is -1.94. The van der Waals surface area contributed by atoms with Crippen LogP contribution < -0.4 is 5.73 Å². The highest BCUT2D eigenvalue weighted by Crippen LogP contribution is 2.00. The van der Waals surface area contributed by atoms with E-state index in [-0.39, 0.29) is 0 Å². The Balaban J connectivity index is 2.88. The third-order valence-corrected chi connectivity index (χ3v) is 1.26. The largest absolute Gasteiger partial charge is 0.326 e. The van der Waals surface area contributed by atoms with Crippen LogP contribution in [0.15, 0.2) is 24.3 Å². The van der Waals surface area contributed by atoms with Crippen LogP contribution in [0, 0.1) is 6.92 Å². The van der Waals surface area contributed by atoms with Crippen LogP contribution >= 0.6 is 0 Å². The number of hydrogen-bond acceptors (Lipinski definition) is 1. The second-order valence-electron chi connectivity index (χ2n) is 2.02. The monoisotopic (exact) mass is 120 g/mol. The average molecular weight is 120 g/mol. The maximum Gasteiger partial charge on any atom is 0.0178 e. The second-order valence-corrected chi connectivity index (χ2v) is 2.02.